The highest BCUT2D eigenvalue weighted by Gasteiger charge is 2.22. The molecule has 1 atom stereocenters. The summed E-state index contributed by atoms with van der Waals surface area (Å²) >= 11 is 0. The Morgan fingerprint density at radius 1 is 1.16 bits per heavy atom. The Labute approximate surface area is 185 Å². The average Bonchev–Trinajstić information content (AvgIpc) is 3.27. The van der Waals surface area contributed by atoms with Crippen LogP contribution in [0.1, 0.15) is 23.3 Å². The Hall–Kier alpha value is -3.16. The number of aryl methyl sites for hydroxylation is 2. The molecule has 1 unspecified atom stereocenters. The maximum Gasteiger partial charge on any atom is 0.351 e. The third-order valence-corrected chi connectivity index (χ3v) is 6.24. The molecule has 1 aliphatic carbocycles. The number of fused-ring (bicyclic) bond motifs is 4. The van der Waals surface area contributed by atoms with Crippen molar-refractivity contribution >= 4 is 6.08 Å². The molecule has 0 bridgehead atoms. The molecular formula is C25H24N2O5. The van der Waals surface area contributed by atoms with Gasteiger partial charge in [-0.2, -0.15) is 4.98 Å². The fourth-order valence-electron chi connectivity index (χ4n) is 4.59. The van der Waals surface area contributed by atoms with Gasteiger partial charge in [0, 0.05) is 35.7 Å². The van der Waals surface area contributed by atoms with Gasteiger partial charge < -0.3 is 18.6 Å². The summed E-state index contributed by atoms with van der Waals surface area (Å²) in [5.41, 5.74) is 4.98. The molecule has 164 valence electrons. The van der Waals surface area contributed by atoms with E-state index in [1.54, 1.807) is 4.57 Å². The molecule has 32 heavy (non-hydrogen) atoms. The highest BCUT2D eigenvalue weighted by molar-refractivity contribution is 5.73. The van der Waals surface area contributed by atoms with Crippen molar-refractivity contribution in [3.8, 4) is 28.5 Å². The molecule has 0 amide bonds. The van der Waals surface area contributed by atoms with E-state index in [9.17, 15) is 4.79 Å². The second-order valence-corrected chi connectivity index (χ2v) is 8.34. The molecule has 2 aliphatic heterocycles. The first kappa shape index (κ1) is 19.5. The Morgan fingerprint density at radius 3 is 3.00 bits per heavy atom. The number of furan rings is 1. The van der Waals surface area contributed by atoms with Gasteiger partial charge in [-0.25, -0.2) is 4.79 Å². The maximum atomic E-state index is 12.6. The minimum absolute atomic E-state index is 0.145. The molecule has 3 aliphatic rings. The Bertz CT molecular complexity index is 1250. The van der Waals surface area contributed by atoms with Crippen molar-refractivity contribution in [3.05, 3.63) is 63.8 Å². The van der Waals surface area contributed by atoms with Gasteiger partial charge in [-0.15, -0.1) is 0 Å². The minimum Gasteiger partial charge on any atom is -0.475 e. The Balaban J connectivity index is 1.30. The summed E-state index contributed by atoms with van der Waals surface area (Å²) in [7, 11) is 0. The first-order chi connectivity index (χ1) is 15.7. The molecule has 4 heterocycles. The van der Waals surface area contributed by atoms with Crippen LogP contribution in [0.5, 0.6) is 5.88 Å². The van der Waals surface area contributed by atoms with Crippen LogP contribution in [0.4, 0.5) is 0 Å². The second kappa shape index (κ2) is 8.07. The lowest BCUT2D eigenvalue weighted by atomic mass is 9.95. The maximum absolute atomic E-state index is 12.6. The fraction of sp³-hybridized carbons (Fsp3) is 0.360. The summed E-state index contributed by atoms with van der Waals surface area (Å²) in [4.78, 5) is 16.8. The van der Waals surface area contributed by atoms with Crippen LogP contribution >= 0.6 is 0 Å². The standard InChI is InChI=1S/C25H24N2O5/c28-25-26-24(31-15-19-14-29-9-10-30-19)13-21-20-6-5-18(11-16(20)7-8-27(21)25)23-12-17-3-1-2-4-22(17)32-23/h1,3,5-6,11-13,19H,2,4,7-10,14-15H2. The van der Waals surface area contributed by atoms with Gasteiger partial charge >= 0.3 is 5.69 Å². The van der Waals surface area contributed by atoms with Gasteiger partial charge in [0.1, 0.15) is 24.2 Å². The number of hydrogen-bond donors (Lipinski definition) is 0. The fourth-order valence-corrected chi connectivity index (χ4v) is 4.59. The van der Waals surface area contributed by atoms with E-state index >= 15 is 0 Å². The number of nitrogens with zero attached hydrogens (tertiary/aromatic N) is 2. The van der Waals surface area contributed by atoms with E-state index < -0.39 is 0 Å². The van der Waals surface area contributed by atoms with Crippen molar-refractivity contribution in [1.82, 2.24) is 9.55 Å². The largest absolute Gasteiger partial charge is 0.475 e. The SMILES string of the molecule is O=c1nc(OCC2COCCO2)cc2n1CCc1cc(-c3cc4c(o3)CCC=C4)ccc1-2. The van der Waals surface area contributed by atoms with Crippen molar-refractivity contribution in [2.24, 2.45) is 0 Å². The monoisotopic (exact) mass is 432 g/mol. The van der Waals surface area contributed by atoms with Crippen LogP contribution in [0.25, 0.3) is 28.7 Å². The van der Waals surface area contributed by atoms with Crippen LogP contribution in [0.2, 0.25) is 0 Å². The first-order valence-electron chi connectivity index (χ1n) is 11.1. The quantitative estimate of drug-likeness (QED) is 0.628. The topological polar surface area (TPSA) is 75.7 Å². The van der Waals surface area contributed by atoms with Gasteiger partial charge in [-0.05, 0) is 30.5 Å². The van der Waals surface area contributed by atoms with Crippen LogP contribution < -0.4 is 10.4 Å². The summed E-state index contributed by atoms with van der Waals surface area (Å²) in [5.74, 6) is 2.26. The Morgan fingerprint density at radius 2 is 2.12 bits per heavy atom. The smallest absolute Gasteiger partial charge is 0.351 e. The van der Waals surface area contributed by atoms with E-state index in [0.29, 0.717) is 38.9 Å². The van der Waals surface area contributed by atoms with Crippen LogP contribution in [0, 0.1) is 0 Å². The van der Waals surface area contributed by atoms with Crippen molar-refractivity contribution < 1.29 is 18.6 Å². The molecule has 3 aromatic rings. The summed E-state index contributed by atoms with van der Waals surface area (Å²) in [6.07, 6.45) is 6.91. The molecule has 0 N–H and O–H groups in total. The van der Waals surface area contributed by atoms with Gasteiger partial charge in [0.05, 0.1) is 25.5 Å². The third-order valence-electron chi connectivity index (χ3n) is 6.24. The number of allylic oxidation sites excluding steroid dienone is 1. The molecule has 1 aromatic carbocycles. The number of benzene rings is 1. The predicted octanol–water partition coefficient (Wildman–Crippen LogP) is 3.48. The summed E-state index contributed by atoms with van der Waals surface area (Å²) in [6.45, 7) is 2.54. The number of rotatable bonds is 4. The lowest BCUT2D eigenvalue weighted by molar-refractivity contribution is -0.102. The van der Waals surface area contributed by atoms with Crippen molar-refractivity contribution in [2.75, 3.05) is 26.4 Å². The molecule has 0 radical (unpaired) electrons. The zero-order valence-electron chi connectivity index (χ0n) is 17.7. The number of hydrogen-bond acceptors (Lipinski definition) is 6. The highest BCUT2D eigenvalue weighted by atomic mass is 16.6. The van der Waals surface area contributed by atoms with Gasteiger partial charge in [0.2, 0.25) is 5.88 Å². The lowest BCUT2D eigenvalue weighted by Crippen LogP contribution is -2.34. The normalized spacial score (nSPS) is 19.2. The van der Waals surface area contributed by atoms with E-state index in [-0.39, 0.29) is 11.8 Å². The van der Waals surface area contributed by atoms with E-state index in [1.807, 2.05) is 6.07 Å². The number of aromatic nitrogens is 2. The van der Waals surface area contributed by atoms with Crippen LogP contribution in [0.15, 0.2) is 45.6 Å². The van der Waals surface area contributed by atoms with Gasteiger partial charge in [0.25, 0.3) is 0 Å². The molecule has 7 heteroatoms. The molecular weight excluding hydrogens is 408 g/mol. The number of ether oxygens (including phenoxy) is 3. The average molecular weight is 432 g/mol. The molecule has 6 rings (SSSR count). The van der Waals surface area contributed by atoms with Gasteiger partial charge in [0.15, 0.2) is 0 Å². The van der Waals surface area contributed by atoms with E-state index in [4.69, 9.17) is 18.6 Å². The first-order valence-corrected chi connectivity index (χ1v) is 11.1. The van der Waals surface area contributed by atoms with Crippen LogP contribution in [0.3, 0.4) is 0 Å². The second-order valence-electron chi connectivity index (χ2n) is 8.34. The van der Waals surface area contributed by atoms with E-state index in [2.05, 4.69) is 41.4 Å². The molecule has 0 spiro atoms. The van der Waals surface area contributed by atoms with E-state index in [1.165, 1.54) is 11.1 Å². The van der Waals surface area contributed by atoms with Crippen molar-refractivity contribution in [1.29, 1.82) is 0 Å². The molecule has 0 saturated carbocycles. The summed E-state index contributed by atoms with van der Waals surface area (Å²) < 4.78 is 24.6. The minimum atomic E-state index is -0.293. The molecule has 1 fully saturated rings. The van der Waals surface area contributed by atoms with Crippen molar-refractivity contribution in [3.63, 3.8) is 0 Å². The molecule has 1 saturated heterocycles. The molecule has 7 nitrogen and oxygen atoms in total. The van der Waals surface area contributed by atoms with Gasteiger partial charge in [-0.1, -0.05) is 24.3 Å². The highest BCUT2D eigenvalue weighted by Crippen LogP contribution is 2.35. The Kier molecular flexibility index (Phi) is 4.92. The summed E-state index contributed by atoms with van der Waals surface area (Å²) in [6, 6.07) is 10.3. The van der Waals surface area contributed by atoms with Gasteiger partial charge in [-0.3, -0.25) is 4.57 Å². The molecule has 2 aromatic heterocycles. The third kappa shape index (κ3) is 3.57. The predicted molar refractivity (Wildman–Crippen MR) is 119 cm³/mol. The van der Waals surface area contributed by atoms with Crippen LogP contribution in [-0.2, 0) is 28.9 Å². The lowest BCUT2D eigenvalue weighted by Gasteiger charge is -2.24. The van der Waals surface area contributed by atoms with Crippen molar-refractivity contribution in [2.45, 2.75) is 31.9 Å². The zero-order chi connectivity index (χ0) is 21.5. The zero-order valence-corrected chi connectivity index (χ0v) is 17.7. The van der Waals surface area contributed by atoms with Crippen LogP contribution in [-0.4, -0.2) is 42.1 Å². The summed E-state index contributed by atoms with van der Waals surface area (Å²) in [5, 5.41) is 0. The van der Waals surface area contributed by atoms with E-state index in [0.717, 1.165) is 47.6 Å².